The smallest absolute Gasteiger partial charge is 0.123 e. The third-order valence-corrected chi connectivity index (χ3v) is 3.87. The number of hydrogen-bond donors (Lipinski definition) is 1. The van der Waals surface area contributed by atoms with Crippen molar-refractivity contribution in [3.63, 3.8) is 0 Å². The number of methoxy groups -OCH3 is 1. The van der Waals surface area contributed by atoms with E-state index in [1.807, 2.05) is 26.0 Å². The molecule has 19 heavy (non-hydrogen) atoms. The quantitative estimate of drug-likeness (QED) is 0.896. The van der Waals surface area contributed by atoms with Crippen LogP contribution in [0.1, 0.15) is 25.0 Å². The molecule has 0 unspecified atom stereocenters. The zero-order valence-corrected chi connectivity index (χ0v) is 11.7. The van der Waals surface area contributed by atoms with Gasteiger partial charge in [-0.2, -0.15) is 5.26 Å². The predicted molar refractivity (Wildman–Crippen MR) is 72.8 cm³/mol. The summed E-state index contributed by atoms with van der Waals surface area (Å²) < 4.78 is 5.32. The summed E-state index contributed by atoms with van der Waals surface area (Å²) in [7, 11) is 1.63. The Kier molecular flexibility index (Phi) is 3.79. The number of hydrogen-bond acceptors (Lipinski definition) is 4. The maximum Gasteiger partial charge on any atom is 0.123 e. The molecule has 1 aliphatic heterocycles. The molecule has 4 heteroatoms. The van der Waals surface area contributed by atoms with E-state index in [1.54, 1.807) is 13.2 Å². The van der Waals surface area contributed by atoms with Crippen molar-refractivity contribution < 1.29 is 9.84 Å². The maximum absolute atomic E-state index is 10.2. The maximum atomic E-state index is 10.2. The Bertz CT molecular complexity index is 499. The van der Waals surface area contributed by atoms with Gasteiger partial charge < -0.3 is 9.84 Å². The van der Waals surface area contributed by atoms with Gasteiger partial charge in [-0.25, -0.2) is 0 Å². The Morgan fingerprint density at radius 1 is 1.47 bits per heavy atom. The van der Waals surface area contributed by atoms with Crippen molar-refractivity contribution in [1.82, 2.24) is 4.90 Å². The van der Waals surface area contributed by atoms with Crippen LogP contribution in [0.2, 0.25) is 0 Å². The Hall–Kier alpha value is -1.57. The van der Waals surface area contributed by atoms with Crippen LogP contribution in [-0.4, -0.2) is 35.8 Å². The Labute approximate surface area is 114 Å². The Balaban J connectivity index is 2.07. The Morgan fingerprint density at radius 3 is 2.68 bits per heavy atom. The van der Waals surface area contributed by atoms with Gasteiger partial charge in [-0.3, -0.25) is 4.90 Å². The van der Waals surface area contributed by atoms with Crippen LogP contribution in [0.15, 0.2) is 18.2 Å². The van der Waals surface area contributed by atoms with E-state index >= 15 is 0 Å². The minimum absolute atomic E-state index is 0.260. The van der Waals surface area contributed by atoms with Gasteiger partial charge in [0.2, 0.25) is 0 Å². The summed E-state index contributed by atoms with van der Waals surface area (Å²) in [5, 5.41) is 19.2. The first kappa shape index (κ1) is 13.9. The average molecular weight is 260 g/mol. The van der Waals surface area contributed by atoms with Crippen LogP contribution in [0.25, 0.3) is 0 Å². The molecule has 1 saturated heterocycles. The Morgan fingerprint density at radius 2 is 2.16 bits per heavy atom. The summed E-state index contributed by atoms with van der Waals surface area (Å²) in [6.45, 7) is 6.12. The average Bonchev–Trinajstić information content (AvgIpc) is 2.36. The van der Waals surface area contributed by atoms with Crippen LogP contribution in [0, 0.1) is 17.2 Å². The van der Waals surface area contributed by atoms with E-state index in [-0.39, 0.29) is 5.92 Å². The van der Waals surface area contributed by atoms with Gasteiger partial charge in [0.1, 0.15) is 5.75 Å². The largest absolute Gasteiger partial charge is 0.496 e. The molecule has 0 aromatic heterocycles. The summed E-state index contributed by atoms with van der Waals surface area (Å²) in [4.78, 5) is 2.17. The highest BCUT2D eigenvalue weighted by Gasteiger charge is 2.43. The number of β-amino-alcohol motifs (C(OH)–C–C–N with tert-alkyl or cyclic N) is 1. The van der Waals surface area contributed by atoms with Crippen molar-refractivity contribution in [2.45, 2.75) is 26.0 Å². The second-order valence-corrected chi connectivity index (χ2v) is 5.54. The summed E-state index contributed by atoms with van der Waals surface area (Å²) >= 11 is 0. The van der Waals surface area contributed by atoms with Crippen LogP contribution in [0.4, 0.5) is 0 Å². The molecular weight excluding hydrogens is 240 g/mol. The number of aliphatic hydroxyl groups is 1. The van der Waals surface area contributed by atoms with Gasteiger partial charge in [0.15, 0.2) is 0 Å². The summed E-state index contributed by atoms with van der Waals surface area (Å²) in [5.74, 6) is 1.05. The second kappa shape index (κ2) is 5.20. The third-order valence-electron chi connectivity index (χ3n) is 3.87. The first-order valence-corrected chi connectivity index (χ1v) is 6.50. The van der Waals surface area contributed by atoms with E-state index in [9.17, 15) is 5.11 Å². The van der Waals surface area contributed by atoms with Gasteiger partial charge in [0.25, 0.3) is 0 Å². The summed E-state index contributed by atoms with van der Waals surface area (Å²) in [6, 6.07) is 7.57. The molecule has 0 saturated carbocycles. The topological polar surface area (TPSA) is 56.5 Å². The van der Waals surface area contributed by atoms with Gasteiger partial charge in [-0.15, -0.1) is 0 Å². The molecule has 0 atom stereocenters. The normalized spacial score (nSPS) is 17.9. The van der Waals surface area contributed by atoms with Gasteiger partial charge in [-0.1, -0.05) is 13.8 Å². The second-order valence-electron chi connectivity index (χ2n) is 5.54. The fourth-order valence-electron chi connectivity index (χ4n) is 2.42. The molecule has 1 aromatic rings. The first-order chi connectivity index (χ1) is 8.98. The van der Waals surface area contributed by atoms with Crippen LogP contribution < -0.4 is 4.74 Å². The predicted octanol–water partition coefficient (Wildman–Crippen LogP) is 1.77. The molecule has 1 fully saturated rings. The molecule has 0 bridgehead atoms. The van der Waals surface area contributed by atoms with E-state index in [4.69, 9.17) is 10.00 Å². The minimum atomic E-state index is -0.569. The highest BCUT2D eigenvalue weighted by molar-refractivity contribution is 5.42. The number of benzene rings is 1. The van der Waals surface area contributed by atoms with Crippen LogP contribution >= 0.6 is 0 Å². The van der Waals surface area contributed by atoms with E-state index in [0.29, 0.717) is 25.2 Å². The number of likely N-dealkylation sites (tertiary alicyclic amines) is 1. The van der Waals surface area contributed by atoms with E-state index < -0.39 is 5.60 Å². The highest BCUT2D eigenvalue weighted by Crippen LogP contribution is 2.31. The van der Waals surface area contributed by atoms with Crippen LogP contribution in [0.3, 0.4) is 0 Å². The standard InChI is InChI=1S/C15H20N2O2/c1-11(2)15(18)9-17(10-15)8-13-6-12(7-16)4-5-14(13)19-3/h4-6,11,18H,8-10H2,1-3H3. The van der Waals surface area contributed by atoms with Crippen molar-refractivity contribution in [3.05, 3.63) is 29.3 Å². The third kappa shape index (κ3) is 2.73. The molecule has 1 aliphatic rings. The van der Waals surface area contributed by atoms with Crippen molar-refractivity contribution in [1.29, 1.82) is 5.26 Å². The zero-order valence-electron chi connectivity index (χ0n) is 11.7. The van der Waals surface area contributed by atoms with Crippen LogP contribution in [0.5, 0.6) is 5.75 Å². The molecule has 2 rings (SSSR count). The van der Waals surface area contributed by atoms with E-state index in [0.717, 1.165) is 11.3 Å². The van der Waals surface area contributed by atoms with Gasteiger partial charge in [-0.05, 0) is 24.1 Å². The molecule has 0 aliphatic carbocycles. The molecule has 1 aromatic carbocycles. The lowest BCUT2D eigenvalue weighted by Gasteiger charge is -2.49. The molecule has 0 spiro atoms. The number of nitrogens with zero attached hydrogens (tertiary/aromatic N) is 2. The fraction of sp³-hybridized carbons (Fsp3) is 0.533. The van der Waals surface area contributed by atoms with Gasteiger partial charge in [0.05, 0.1) is 24.3 Å². The first-order valence-electron chi connectivity index (χ1n) is 6.50. The zero-order chi connectivity index (χ0) is 14.0. The van der Waals surface area contributed by atoms with Crippen molar-refractivity contribution in [2.75, 3.05) is 20.2 Å². The lowest BCUT2D eigenvalue weighted by Crippen LogP contribution is -2.63. The van der Waals surface area contributed by atoms with Crippen molar-refractivity contribution in [3.8, 4) is 11.8 Å². The number of rotatable bonds is 4. The monoisotopic (exact) mass is 260 g/mol. The molecule has 0 amide bonds. The van der Waals surface area contributed by atoms with E-state index in [1.165, 1.54) is 0 Å². The van der Waals surface area contributed by atoms with Gasteiger partial charge >= 0.3 is 0 Å². The number of ether oxygens (including phenoxy) is 1. The SMILES string of the molecule is COc1ccc(C#N)cc1CN1CC(O)(C(C)C)C1. The molecular formula is C15H20N2O2. The van der Waals surface area contributed by atoms with Crippen molar-refractivity contribution >= 4 is 0 Å². The van der Waals surface area contributed by atoms with Crippen molar-refractivity contribution in [2.24, 2.45) is 5.92 Å². The van der Waals surface area contributed by atoms with Crippen LogP contribution in [-0.2, 0) is 6.54 Å². The lowest BCUT2D eigenvalue weighted by atomic mass is 9.83. The minimum Gasteiger partial charge on any atom is -0.496 e. The number of nitriles is 1. The summed E-state index contributed by atoms with van der Waals surface area (Å²) in [6.07, 6.45) is 0. The summed E-state index contributed by atoms with van der Waals surface area (Å²) in [5.41, 5.74) is 1.06. The molecule has 4 nitrogen and oxygen atoms in total. The highest BCUT2D eigenvalue weighted by atomic mass is 16.5. The van der Waals surface area contributed by atoms with E-state index in [2.05, 4.69) is 11.0 Å². The fourth-order valence-corrected chi connectivity index (χ4v) is 2.42. The molecule has 0 radical (unpaired) electrons. The van der Waals surface area contributed by atoms with Gasteiger partial charge in [0, 0.05) is 25.2 Å². The molecule has 1 heterocycles. The molecule has 102 valence electrons. The molecule has 1 N–H and O–H groups in total. The lowest BCUT2D eigenvalue weighted by molar-refractivity contribution is -0.130.